The van der Waals surface area contributed by atoms with Crippen LogP contribution in [-0.2, 0) is 66.7 Å². The van der Waals surface area contributed by atoms with Crippen molar-refractivity contribution in [3.8, 4) is 23.0 Å². The fourth-order valence-corrected chi connectivity index (χ4v) is 12.4. The molecule has 0 aromatic heterocycles. The zero-order valence-electron chi connectivity index (χ0n) is 61.4. The molecule has 6 rings (SSSR count). The van der Waals surface area contributed by atoms with Crippen molar-refractivity contribution >= 4 is 47.8 Å². The van der Waals surface area contributed by atoms with E-state index in [1.54, 1.807) is 48.5 Å². The Labute approximate surface area is 616 Å². The van der Waals surface area contributed by atoms with Crippen LogP contribution in [0.3, 0.4) is 0 Å². The van der Waals surface area contributed by atoms with Crippen LogP contribution >= 0.6 is 0 Å². The molecule has 2 fully saturated rings. The number of hydrogen-bond acceptors (Lipinski definition) is 20. The van der Waals surface area contributed by atoms with Crippen LogP contribution in [0.2, 0.25) is 0 Å². The number of esters is 8. The third-order valence-corrected chi connectivity index (χ3v) is 18.5. The summed E-state index contributed by atoms with van der Waals surface area (Å²) in [4.78, 5) is 96.7. The van der Waals surface area contributed by atoms with E-state index >= 15 is 0 Å². The molecule has 0 bridgehead atoms. The third-order valence-electron chi connectivity index (χ3n) is 18.5. The Kier molecular flexibility index (Phi) is 42.8. The third kappa shape index (κ3) is 37.4. The molecule has 0 saturated heterocycles. The van der Waals surface area contributed by atoms with E-state index < -0.39 is 35.8 Å². The van der Waals surface area contributed by atoms with Gasteiger partial charge in [-0.2, -0.15) is 0 Å². The topological polar surface area (TPSA) is 247 Å². The van der Waals surface area contributed by atoms with Crippen molar-refractivity contribution in [3.63, 3.8) is 0 Å². The lowest BCUT2D eigenvalue weighted by molar-refractivity contribution is -0.150. The summed E-state index contributed by atoms with van der Waals surface area (Å²) in [6.45, 7) is 11.3. The Morgan fingerprint density at radius 3 is 0.875 bits per heavy atom. The monoisotopic (exact) mass is 1440 g/mol. The maximum atomic E-state index is 12.8. The number of hydrogen-bond donors (Lipinski definition) is 0. The highest BCUT2D eigenvalue weighted by atomic mass is 16.6. The maximum Gasteiger partial charge on any atom is 0.343 e. The fourth-order valence-electron chi connectivity index (χ4n) is 12.4. The van der Waals surface area contributed by atoms with E-state index in [1.807, 2.05) is 24.3 Å². The number of carbonyl (C=O) groups excluding carboxylic acids is 8. The van der Waals surface area contributed by atoms with Crippen molar-refractivity contribution < 1.29 is 95.2 Å². The molecule has 0 amide bonds. The second-order valence-corrected chi connectivity index (χ2v) is 26.8. The quantitative estimate of drug-likeness (QED) is 0.0131. The predicted octanol–water partition coefficient (Wildman–Crippen LogP) is 17.4. The first-order chi connectivity index (χ1) is 50.8. The molecule has 0 heterocycles. The van der Waals surface area contributed by atoms with Crippen molar-refractivity contribution in [2.75, 3.05) is 66.1 Å². The number of carbonyl (C=O) groups is 8. The number of unbranched alkanes of at least 4 members (excludes halogenated alkanes) is 16. The highest BCUT2D eigenvalue weighted by Crippen LogP contribution is 2.37. The summed E-state index contributed by atoms with van der Waals surface area (Å²) in [5, 5.41) is 0. The minimum Gasteiger partial charge on any atom is -0.494 e. The Morgan fingerprint density at radius 1 is 0.288 bits per heavy atom. The van der Waals surface area contributed by atoms with Gasteiger partial charge in [0.1, 0.15) is 23.0 Å². The first kappa shape index (κ1) is 84.6. The number of rotatable bonds is 55. The molecular weight excluding hydrogens is 1330 g/mol. The first-order valence-corrected chi connectivity index (χ1v) is 38.4. The van der Waals surface area contributed by atoms with Crippen LogP contribution < -0.4 is 18.9 Å². The lowest BCUT2D eigenvalue weighted by Crippen LogP contribution is -2.21. The van der Waals surface area contributed by atoms with Crippen LogP contribution in [-0.4, -0.2) is 126 Å². The molecule has 2 saturated carbocycles. The lowest BCUT2D eigenvalue weighted by atomic mass is 9.83. The van der Waals surface area contributed by atoms with Gasteiger partial charge in [0.15, 0.2) is 0 Å². The van der Waals surface area contributed by atoms with Crippen molar-refractivity contribution in [3.05, 3.63) is 145 Å². The second-order valence-electron chi connectivity index (χ2n) is 26.8. The molecule has 20 heteroatoms. The molecule has 0 radical (unpaired) electrons. The van der Waals surface area contributed by atoms with Crippen LogP contribution in [0.5, 0.6) is 23.0 Å². The van der Waals surface area contributed by atoms with Crippen LogP contribution in [0.4, 0.5) is 0 Å². The van der Waals surface area contributed by atoms with Gasteiger partial charge >= 0.3 is 47.8 Å². The molecular formula is C84H114O20. The summed E-state index contributed by atoms with van der Waals surface area (Å²) in [5.74, 6) is 0.236. The van der Waals surface area contributed by atoms with Gasteiger partial charge in [0, 0.05) is 38.2 Å². The van der Waals surface area contributed by atoms with E-state index in [9.17, 15) is 38.4 Å². The lowest BCUT2D eigenvalue weighted by Gasteiger charge is -2.29. The minimum absolute atomic E-state index is 0.0626. The van der Waals surface area contributed by atoms with Gasteiger partial charge < -0.3 is 56.8 Å². The highest BCUT2D eigenvalue weighted by molar-refractivity contribution is 5.92. The van der Waals surface area contributed by atoms with Crippen LogP contribution in [0.1, 0.15) is 262 Å². The average molecular weight is 1440 g/mol. The zero-order valence-corrected chi connectivity index (χ0v) is 61.4. The van der Waals surface area contributed by atoms with Gasteiger partial charge in [-0.25, -0.2) is 19.2 Å². The molecule has 0 unspecified atom stereocenters. The molecule has 0 N–H and O–H groups in total. The molecule has 0 spiro atoms. The van der Waals surface area contributed by atoms with Crippen molar-refractivity contribution in [2.24, 2.45) is 0 Å². The summed E-state index contributed by atoms with van der Waals surface area (Å²) in [6.07, 6.45) is 30.0. The van der Waals surface area contributed by atoms with E-state index in [0.29, 0.717) is 137 Å². The molecule has 2 aliphatic carbocycles. The van der Waals surface area contributed by atoms with E-state index in [4.69, 9.17) is 56.8 Å². The minimum atomic E-state index is -0.465. The zero-order chi connectivity index (χ0) is 73.9. The SMILES string of the molecule is C=CC(=O)OCCCCCCOc1ccc(C(=O)Oc2ccc(C3CCC(OCCCCCCOC(=O)CCCCCOC(=O)CCC(=O)OCCCCCC(=O)OCCCCCCOC4CCC(c5ccc(OC(=O)c6ccc(OCCCCCCOC(=O)C=C)cc6)cc5)CC4)CC3)cc2)cc1. The van der Waals surface area contributed by atoms with Gasteiger partial charge in [0.05, 0.1) is 89.0 Å². The summed E-state index contributed by atoms with van der Waals surface area (Å²) in [6, 6.07) is 29.5. The van der Waals surface area contributed by atoms with E-state index in [0.717, 1.165) is 179 Å². The summed E-state index contributed by atoms with van der Waals surface area (Å²) >= 11 is 0. The summed E-state index contributed by atoms with van der Waals surface area (Å²) in [7, 11) is 0. The van der Waals surface area contributed by atoms with E-state index in [-0.39, 0.29) is 50.2 Å². The largest absolute Gasteiger partial charge is 0.494 e. The Morgan fingerprint density at radius 2 is 0.558 bits per heavy atom. The highest BCUT2D eigenvalue weighted by Gasteiger charge is 2.25. The van der Waals surface area contributed by atoms with E-state index in [1.165, 1.54) is 11.1 Å². The van der Waals surface area contributed by atoms with Gasteiger partial charge in [0.25, 0.3) is 0 Å². The molecule has 2 aliphatic rings. The Balaban J connectivity index is 0.634. The number of benzene rings is 4. The molecule has 0 atom stereocenters. The summed E-state index contributed by atoms with van der Waals surface area (Å²) in [5.41, 5.74) is 3.37. The molecule has 104 heavy (non-hydrogen) atoms. The Bertz CT molecular complexity index is 2900. The van der Waals surface area contributed by atoms with Crippen LogP contribution in [0.15, 0.2) is 122 Å². The number of ether oxygens (including phenoxy) is 12. The van der Waals surface area contributed by atoms with Crippen molar-refractivity contribution in [1.29, 1.82) is 0 Å². The maximum absolute atomic E-state index is 12.8. The first-order valence-electron chi connectivity index (χ1n) is 38.4. The van der Waals surface area contributed by atoms with Gasteiger partial charge in [-0.3, -0.25) is 19.2 Å². The molecule has 4 aromatic rings. The fraction of sp³-hybridized carbons (Fsp3) is 0.571. The molecule has 0 aliphatic heterocycles. The van der Waals surface area contributed by atoms with Crippen LogP contribution in [0.25, 0.3) is 0 Å². The van der Waals surface area contributed by atoms with Crippen molar-refractivity contribution in [2.45, 2.75) is 242 Å². The average Bonchev–Trinajstić information content (AvgIpc) is 0.855. The van der Waals surface area contributed by atoms with Gasteiger partial charge in [-0.1, -0.05) is 50.3 Å². The van der Waals surface area contributed by atoms with Gasteiger partial charge in [-0.05, 0) is 276 Å². The summed E-state index contributed by atoms with van der Waals surface area (Å²) < 4.78 is 66.7. The van der Waals surface area contributed by atoms with Crippen LogP contribution in [0, 0.1) is 0 Å². The standard InChI is InChI=1S/C84H114O20/c1-3-77(85)97-59-21-9-5-17-57-95-73-45-37-69(38-46-73)83(91)103-75-49-33-67(34-50-75)65-29-41-71(42-30-65)93-55-19-7-11-23-61-99-79(87)27-15-13-25-63-101-81(89)53-54-82(90)102-64-26-14-16-28-80(88)100-62-24-12-8-20-56-94-72-43-31-66(32-44-72)68-35-51-76(52-36-68)104-84(92)70-39-47-74(48-40-70)96-58-18-6-10-22-60-98-78(86)4-2/h3-4,33-40,45-52,65-66,71-72H,1-2,5-32,41-44,53-64H2. The molecule has 20 nitrogen and oxygen atoms in total. The smallest absolute Gasteiger partial charge is 0.343 e. The normalized spacial score (nSPS) is 15.5. The molecule has 4 aromatic carbocycles. The van der Waals surface area contributed by atoms with Gasteiger partial charge in [0.2, 0.25) is 0 Å². The van der Waals surface area contributed by atoms with Gasteiger partial charge in [-0.15, -0.1) is 0 Å². The molecule has 570 valence electrons. The second kappa shape index (κ2) is 52.6. The Hall–Kier alpha value is -8.36. The predicted molar refractivity (Wildman–Crippen MR) is 395 cm³/mol. The van der Waals surface area contributed by atoms with Crippen molar-refractivity contribution in [1.82, 2.24) is 0 Å². The van der Waals surface area contributed by atoms with E-state index in [2.05, 4.69) is 37.4 Å².